The Kier molecular flexibility index (Phi) is 6.18. The van der Waals surface area contributed by atoms with E-state index in [1.165, 1.54) is 18.9 Å². The van der Waals surface area contributed by atoms with Gasteiger partial charge in [-0.2, -0.15) is 5.01 Å². The molecule has 1 fully saturated rings. The number of urea groups is 1. The lowest BCUT2D eigenvalue weighted by molar-refractivity contribution is -0.138. The Balaban J connectivity index is 1.68. The third kappa shape index (κ3) is 4.40. The zero-order chi connectivity index (χ0) is 21.2. The summed E-state index contributed by atoms with van der Waals surface area (Å²) in [5, 5.41) is 3.38. The largest absolute Gasteiger partial charge is 0.497 e. The van der Waals surface area contributed by atoms with E-state index in [4.69, 9.17) is 4.74 Å². The molecule has 0 spiro atoms. The highest BCUT2D eigenvalue weighted by Crippen LogP contribution is 2.30. The summed E-state index contributed by atoms with van der Waals surface area (Å²) in [4.78, 5) is 38.6. The Morgan fingerprint density at radius 1 is 1.28 bits per heavy atom. The first-order valence-corrected chi connectivity index (χ1v) is 10.5. The molecule has 2 aromatic carbocycles. The van der Waals surface area contributed by atoms with E-state index in [0.29, 0.717) is 11.3 Å². The average Bonchev–Trinajstić information content (AvgIpc) is 2.91. The number of rotatable bonds is 6. The molecule has 29 heavy (non-hydrogen) atoms. The first-order valence-electron chi connectivity index (χ1n) is 8.74. The summed E-state index contributed by atoms with van der Waals surface area (Å²) in [5.41, 5.74) is 2.69. The maximum absolute atomic E-state index is 12.9. The molecule has 0 bridgehead atoms. The molecule has 1 aliphatic rings. The number of hydrogen-bond donors (Lipinski definition) is 2. The van der Waals surface area contributed by atoms with Crippen LogP contribution in [-0.2, 0) is 15.1 Å². The summed E-state index contributed by atoms with van der Waals surface area (Å²) in [5.74, 6) is -0.380. The number of thioether (sulfide) groups is 1. The fourth-order valence-corrected chi connectivity index (χ4v) is 4.22. The van der Waals surface area contributed by atoms with Crippen LogP contribution in [0.5, 0.6) is 5.75 Å². The van der Waals surface area contributed by atoms with Gasteiger partial charge in [-0.15, -0.1) is 11.8 Å². The molecule has 3 rings (SSSR count). The Bertz CT molecular complexity index is 984. The molecule has 152 valence electrons. The number of carbonyl (C=O) groups is 3. The molecular weight excluding hydrogens is 458 g/mol. The standard InChI is InChI=1S/C20H20BrN3O4S/c1-12-9-14(21)7-8-16(12)29-11-17(25)23-24-18(26)20(2,22-19(24)27)13-5-4-6-15(10-13)28-3/h4-10H,11H2,1-3H3,(H,22,27)(H,23,25)/t20-/m1/s1. The van der Waals surface area contributed by atoms with Crippen LogP contribution in [0.3, 0.4) is 0 Å². The number of halogens is 1. The van der Waals surface area contributed by atoms with Crippen molar-refractivity contribution >= 4 is 45.5 Å². The molecule has 1 atom stereocenters. The monoisotopic (exact) mass is 477 g/mol. The smallest absolute Gasteiger partial charge is 0.344 e. The number of methoxy groups -OCH3 is 1. The molecule has 7 nitrogen and oxygen atoms in total. The highest BCUT2D eigenvalue weighted by molar-refractivity contribution is 9.10. The molecule has 2 N–H and O–H groups in total. The minimum Gasteiger partial charge on any atom is -0.497 e. The fourth-order valence-electron chi connectivity index (χ4n) is 2.95. The van der Waals surface area contributed by atoms with E-state index in [2.05, 4.69) is 26.7 Å². The van der Waals surface area contributed by atoms with Crippen molar-refractivity contribution in [3.8, 4) is 5.75 Å². The fraction of sp³-hybridized carbons (Fsp3) is 0.250. The highest BCUT2D eigenvalue weighted by atomic mass is 79.9. The summed E-state index contributed by atoms with van der Waals surface area (Å²) in [7, 11) is 1.52. The van der Waals surface area contributed by atoms with E-state index in [1.54, 1.807) is 31.2 Å². The van der Waals surface area contributed by atoms with Gasteiger partial charge in [-0.3, -0.25) is 15.0 Å². The van der Waals surface area contributed by atoms with Crippen LogP contribution >= 0.6 is 27.7 Å². The topological polar surface area (TPSA) is 87.7 Å². The third-order valence-electron chi connectivity index (χ3n) is 4.57. The molecule has 0 aromatic heterocycles. The predicted octanol–water partition coefficient (Wildman–Crippen LogP) is 3.36. The number of ether oxygens (including phenoxy) is 1. The maximum atomic E-state index is 12.9. The van der Waals surface area contributed by atoms with E-state index in [-0.39, 0.29) is 5.75 Å². The summed E-state index contributed by atoms with van der Waals surface area (Å²) in [6.07, 6.45) is 0. The Morgan fingerprint density at radius 2 is 2.03 bits per heavy atom. The molecule has 1 aliphatic heterocycles. The van der Waals surface area contributed by atoms with Crippen molar-refractivity contribution in [2.45, 2.75) is 24.3 Å². The maximum Gasteiger partial charge on any atom is 0.344 e. The molecule has 4 amide bonds. The molecule has 1 heterocycles. The number of hydrogen-bond acceptors (Lipinski definition) is 5. The van der Waals surface area contributed by atoms with Crippen molar-refractivity contribution in [1.82, 2.24) is 15.8 Å². The summed E-state index contributed by atoms with van der Waals surface area (Å²) < 4.78 is 6.15. The summed E-state index contributed by atoms with van der Waals surface area (Å²) in [6, 6.07) is 11.9. The summed E-state index contributed by atoms with van der Waals surface area (Å²) in [6.45, 7) is 3.54. The van der Waals surface area contributed by atoms with Gasteiger partial charge in [0.05, 0.1) is 12.9 Å². The van der Waals surface area contributed by atoms with Crippen molar-refractivity contribution in [2.75, 3.05) is 12.9 Å². The Morgan fingerprint density at radius 3 is 2.72 bits per heavy atom. The SMILES string of the molecule is COc1cccc([C@@]2(C)NC(=O)N(NC(=O)CSc3ccc(Br)cc3C)C2=O)c1. The quantitative estimate of drug-likeness (QED) is 0.491. The number of carbonyl (C=O) groups excluding carboxylic acids is 3. The van der Waals surface area contributed by atoms with Gasteiger partial charge < -0.3 is 10.1 Å². The van der Waals surface area contributed by atoms with Crippen LogP contribution in [0.15, 0.2) is 51.8 Å². The van der Waals surface area contributed by atoms with Gasteiger partial charge in [0.2, 0.25) is 5.91 Å². The Hall–Kier alpha value is -2.52. The van der Waals surface area contributed by atoms with Crippen molar-refractivity contribution in [3.05, 3.63) is 58.1 Å². The van der Waals surface area contributed by atoms with Gasteiger partial charge in [-0.05, 0) is 55.3 Å². The van der Waals surface area contributed by atoms with E-state index < -0.39 is 23.4 Å². The summed E-state index contributed by atoms with van der Waals surface area (Å²) >= 11 is 4.73. The molecular formula is C20H20BrN3O4S. The number of amides is 4. The lowest BCUT2D eigenvalue weighted by Crippen LogP contribution is -2.48. The number of nitrogens with zero attached hydrogens (tertiary/aromatic N) is 1. The number of aryl methyl sites for hydroxylation is 1. The molecule has 1 saturated heterocycles. The zero-order valence-corrected chi connectivity index (χ0v) is 18.5. The molecule has 0 aliphatic carbocycles. The van der Waals surface area contributed by atoms with Gasteiger partial charge in [0.1, 0.15) is 11.3 Å². The van der Waals surface area contributed by atoms with Crippen LogP contribution in [-0.4, -0.2) is 35.7 Å². The molecule has 2 aromatic rings. The van der Waals surface area contributed by atoms with Crippen molar-refractivity contribution in [2.24, 2.45) is 0 Å². The van der Waals surface area contributed by atoms with Gasteiger partial charge in [-0.25, -0.2) is 4.79 Å². The van der Waals surface area contributed by atoms with E-state index in [9.17, 15) is 14.4 Å². The molecule has 0 saturated carbocycles. The van der Waals surface area contributed by atoms with Gasteiger partial charge in [0.25, 0.3) is 5.91 Å². The first kappa shape index (κ1) is 21.2. The van der Waals surface area contributed by atoms with Crippen molar-refractivity contribution in [1.29, 1.82) is 0 Å². The van der Waals surface area contributed by atoms with Gasteiger partial charge in [0, 0.05) is 9.37 Å². The van der Waals surface area contributed by atoms with E-state index in [0.717, 1.165) is 19.9 Å². The molecule has 0 unspecified atom stereocenters. The highest BCUT2D eigenvalue weighted by Gasteiger charge is 2.50. The second-order valence-corrected chi connectivity index (χ2v) is 8.59. The molecule has 0 radical (unpaired) electrons. The van der Waals surface area contributed by atoms with Crippen LogP contribution in [0.4, 0.5) is 4.79 Å². The predicted molar refractivity (Wildman–Crippen MR) is 113 cm³/mol. The van der Waals surface area contributed by atoms with Gasteiger partial charge in [0.15, 0.2) is 0 Å². The lowest BCUT2D eigenvalue weighted by atomic mass is 9.92. The van der Waals surface area contributed by atoms with Crippen LogP contribution in [0.2, 0.25) is 0 Å². The van der Waals surface area contributed by atoms with Crippen LogP contribution in [0, 0.1) is 6.92 Å². The number of hydrazine groups is 1. The second-order valence-electron chi connectivity index (χ2n) is 6.66. The molecule has 9 heteroatoms. The average molecular weight is 478 g/mol. The number of imide groups is 1. The minimum absolute atomic E-state index is 0.0649. The third-order valence-corrected chi connectivity index (χ3v) is 6.24. The Labute approximate surface area is 181 Å². The van der Waals surface area contributed by atoms with Crippen molar-refractivity contribution in [3.63, 3.8) is 0 Å². The van der Waals surface area contributed by atoms with E-state index in [1.807, 2.05) is 25.1 Å². The normalized spacial score (nSPS) is 18.6. The first-order chi connectivity index (χ1) is 13.7. The second kappa shape index (κ2) is 8.46. The van der Waals surface area contributed by atoms with Gasteiger partial charge in [-0.1, -0.05) is 28.1 Å². The minimum atomic E-state index is -1.30. The van der Waals surface area contributed by atoms with Crippen LogP contribution < -0.4 is 15.5 Å². The number of nitrogens with one attached hydrogen (secondary N) is 2. The van der Waals surface area contributed by atoms with Crippen LogP contribution in [0.25, 0.3) is 0 Å². The van der Waals surface area contributed by atoms with Crippen molar-refractivity contribution < 1.29 is 19.1 Å². The van der Waals surface area contributed by atoms with Crippen LogP contribution in [0.1, 0.15) is 18.1 Å². The number of benzene rings is 2. The van der Waals surface area contributed by atoms with E-state index >= 15 is 0 Å². The van der Waals surface area contributed by atoms with Gasteiger partial charge >= 0.3 is 6.03 Å². The zero-order valence-electron chi connectivity index (χ0n) is 16.1. The lowest BCUT2D eigenvalue weighted by Gasteiger charge is -2.22.